The molecule has 0 saturated carbocycles. The summed E-state index contributed by atoms with van der Waals surface area (Å²) in [6, 6.07) is 11.8. The van der Waals surface area contributed by atoms with Gasteiger partial charge in [0.2, 0.25) is 0 Å². The second-order valence-electron chi connectivity index (χ2n) is 5.18. The van der Waals surface area contributed by atoms with Crippen LogP contribution in [0.25, 0.3) is 11.1 Å². The number of hydrogen-bond donors (Lipinski definition) is 0. The van der Waals surface area contributed by atoms with Crippen LogP contribution in [0.15, 0.2) is 36.4 Å². The van der Waals surface area contributed by atoms with E-state index in [1.165, 1.54) is 6.07 Å². The third kappa shape index (κ3) is 2.40. The summed E-state index contributed by atoms with van der Waals surface area (Å²) < 4.78 is 39.4. The Bertz CT molecular complexity index is 739. The van der Waals surface area contributed by atoms with Crippen molar-refractivity contribution in [1.29, 1.82) is 5.26 Å². The van der Waals surface area contributed by atoms with Crippen LogP contribution in [0.5, 0.6) is 0 Å². The Balaban J connectivity index is 2.30. The maximum atomic E-state index is 13.1. The summed E-state index contributed by atoms with van der Waals surface area (Å²) in [5, 5.41) is 9.00. The Morgan fingerprint density at radius 3 is 2.38 bits per heavy atom. The average molecular weight is 287 g/mol. The second-order valence-corrected chi connectivity index (χ2v) is 5.18. The molecule has 0 unspecified atom stereocenters. The SMILES string of the molecule is N#Cc1cc2c(cc1C(F)(F)F)-c1ccccc1CCC2. The lowest BCUT2D eigenvalue weighted by atomic mass is 9.92. The highest BCUT2D eigenvalue weighted by molar-refractivity contribution is 5.74. The normalized spacial score (nSPS) is 13.8. The number of nitriles is 1. The van der Waals surface area contributed by atoms with Crippen molar-refractivity contribution in [2.45, 2.75) is 25.4 Å². The van der Waals surface area contributed by atoms with Crippen molar-refractivity contribution < 1.29 is 13.2 Å². The number of nitrogens with zero attached hydrogens (tertiary/aromatic N) is 1. The Morgan fingerprint density at radius 2 is 1.67 bits per heavy atom. The fourth-order valence-corrected chi connectivity index (χ4v) is 2.90. The molecule has 1 nitrogen and oxygen atoms in total. The van der Waals surface area contributed by atoms with E-state index in [0.29, 0.717) is 12.0 Å². The molecule has 4 heteroatoms. The van der Waals surface area contributed by atoms with Crippen molar-refractivity contribution in [3.63, 3.8) is 0 Å². The van der Waals surface area contributed by atoms with E-state index in [0.717, 1.165) is 35.6 Å². The highest BCUT2D eigenvalue weighted by Gasteiger charge is 2.35. The van der Waals surface area contributed by atoms with Crippen molar-refractivity contribution >= 4 is 0 Å². The van der Waals surface area contributed by atoms with E-state index >= 15 is 0 Å². The summed E-state index contributed by atoms with van der Waals surface area (Å²) in [6.45, 7) is 0. The standard InChI is InChI=1S/C17H12F3N/c18-17(19,20)16-9-15-12(8-13(16)10-21)6-3-5-11-4-1-2-7-14(11)15/h1-2,4,7-9H,3,5-6H2. The molecular formula is C17H12F3N. The zero-order chi connectivity index (χ0) is 15.0. The Labute approximate surface area is 120 Å². The zero-order valence-corrected chi connectivity index (χ0v) is 11.2. The number of benzene rings is 2. The summed E-state index contributed by atoms with van der Waals surface area (Å²) in [6.07, 6.45) is -2.10. The summed E-state index contributed by atoms with van der Waals surface area (Å²) in [5.74, 6) is 0. The van der Waals surface area contributed by atoms with Crippen molar-refractivity contribution in [1.82, 2.24) is 0 Å². The van der Waals surface area contributed by atoms with Gasteiger partial charge in [0.1, 0.15) is 0 Å². The maximum absolute atomic E-state index is 13.1. The first-order chi connectivity index (χ1) is 10.0. The first kappa shape index (κ1) is 13.7. The molecule has 0 radical (unpaired) electrons. The molecule has 106 valence electrons. The van der Waals surface area contributed by atoms with Gasteiger partial charge in [0.25, 0.3) is 0 Å². The van der Waals surface area contributed by atoms with E-state index in [1.807, 2.05) is 24.3 Å². The molecule has 0 aromatic heterocycles. The predicted octanol–water partition coefficient (Wildman–Crippen LogP) is 4.73. The van der Waals surface area contributed by atoms with Gasteiger partial charge in [-0.1, -0.05) is 24.3 Å². The molecule has 2 aromatic carbocycles. The number of hydrogen-bond acceptors (Lipinski definition) is 1. The van der Waals surface area contributed by atoms with Crippen LogP contribution in [0, 0.1) is 11.3 Å². The topological polar surface area (TPSA) is 23.8 Å². The van der Waals surface area contributed by atoms with E-state index < -0.39 is 11.7 Å². The van der Waals surface area contributed by atoms with E-state index in [9.17, 15) is 13.2 Å². The third-order valence-electron chi connectivity index (χ3n) is 3.87. The van der Waals surface area contributed by atoms with Gasteiger partial charge < -0.3 is 0 Å². The second kappa shape index (κ2) is 4.92. The number of halogens is 3. The van der Waals surface area contributed by atoms with Gasteiger partial charge in [-0.2, -0.15) is 18.4 Å². The molecule has 0 heterocycles. The summed E-state index contributed by atoms with van der Waals surface area (Å²) in [5.41, 5.74) is 2.20. The molecule has 0 spiro atoms. The number of aryl methyl sites for hydroxylation is 2. The van der Waals surface area contributed by atoms with E-state index in [2.05, 4.69) is 0 Å². The molecular weight excluding hydrogens is 275 g/mol. The highest BCUT2D eigenvalue weighted by atomic mass is 19.4. The van der Waals surface area contributed by atoms with Crippen LogP contribution in [0.3, 0.4) is 0 Å². The molecule has 0 bridgehead atoms. The van der Waals surface area contributed by atoms with Crippen LogP contribution in [-0.2, 0) is 19.0 Å². The van der Waals surface area contributed by atoms with Gasteiger partial charge >= 0.3 is 6.18 Å². The van der Waals surface area contributed by atoms with Crippen molar-refractivity contribution in [2.24, 2.45) is 0 Å². The largest absolute Gasteiger partial charge is 0.417 e. The minimum Gasteiger partial charge on any atom is -0.192 e. The molecule has 2 aromatic rings. The van der Waals surface area contributed by atoms with Gasteiger partial charge in [-0.15, -0.1) is 0 Å². The lowest BCUT2D eigenvalue weighted by Crippen LogP contribution is -2.09. The number of fused-ring (bicyclic) bond motifs is 3. The van der Waals surface area contributed by atoms with Crippen LogP contribution >= 0.6 is 0 Å². The minimum atomic E-state index is -4.51. The van der Waals surface area contributed by atoms with Gasteiger partial charge in [0.05, 0.1) is 17.2 Å². The van der Waals surface area contributed by atoms with Gasteiger partial charge in [-0.25, -0.2) is 0 Å². The summed E-state index contributed by atoms with van der Waals surface area (Å²) in [7, 11) is 0. The molecule has 0 saturated heterocycles. The van der Waals surface area contributed by atoms with Gasteiger partial charge in [-0.05, 0) is 53.6 Å². The predicted molar refractivity (Wildman–Crippen MR) is 73.6 cm³/mol. The van der Waals surface area contributed by atoms with Crippen molar-refractivity contribution in [3.8, 4) is 17.2 Å². The molecule has 0 aliphatic heterocycles. The fraction of sp³-hybridized carbons (Fsp3) is 0.235. The Hall–Kier alpha value is -2.28. The Kier molecular flexibility index (Phi) is 3.21. The Morgan fingerprint density at radius 1 is 0.952 bits per heavy atom. The van der Waals surface area contributed by atoms with Crippen LogP contribution in [0.4, 0.5) is 13.2 Å². The van der Waals surface area contributed by atoms with Gasteiger partial charge in [0, 0.05) is 0 Å². The first-order valence-electron chi connectivity index (χ1n) is 6.73. The van der Waals surface area contributed by atoms with Crippen LogP contribution in [0.2, 0.25) is 0 Å². The summed E-state index contributed by atoms with van der Waals surface area (Å²) >= 11 is 0. The number of alkyl halides is 3. The monoisotopic (exact) mass is 287 g/mol. The van der Waals surface area contributed by atoms with Gasteiger partial charge in [0.15, 0.2) is 0 Å². The lowest BCUT2D eigenvalue weighted by Gasteiger charge is -2.15. The smallest absolute Gasteiger partial charge is 0.192 e. The quantitative estimate of drug-likeness (QED) is 0.687. The maximum Gasteiger partial charge on any atom is 0.417 e. The van der Waals surface area contributed by atoms with Gasteiger partial charge in [-0.3, -0.25) is 0 Å². The molecule has 0 amide bonds. The van der Waals surface area contributed by atoms with Crippen molar-refractivity contribution in [2.75, 3.05) is 0 Å². The molecule has 0 fully saturated rings. The fourth-order valence-electron chi connectivity index (χ4n) is 2.90. The van der Waals surface area contributed by atoms with E-state index in [-0.39, 0.29) is 5.56 Å². The van der Waals surface area contributed by atoms with Crippen LogP contribution in [-0.4, -0.2) is 0 Å². The third-order valence-corrected chi connectivity index (χ3v) is 3.87. The first-order valence-corrected chi connectivity index (χ1v) is 6.73. The van der Waals surface area contributed by atoms with Crippen molar-refractivity contribution in [3.05, 3.63) is 58.7 Å². The average Bonchev–Trinajstić information content (AvgIpc) is 2.63. The molecule has 0 N–H and O–H groups in total. The van der Waals surface area contributed by atoms with E-state index in [1.54, 1.807) is 6.07 Å². The molecule has 1 aliphatic rings. The molecule has 3 rings (SSSR count). The van der Waals surface area contributed by atoms with Crippen LogP contribution < -0.4 is 0 Å². The summed E-state index contributed by atoms with van der Waals surface area (Å²) in [4.78, 5) is 0. The molecule has 21 heavy (non-hydrogen) atoms. The minimum absolute atomic E-state index is 0.291. The lowest BCUT2D eigenvalue weighted by molar-refractivity contribution is -0.137. The number of rotatable bonds is 0. The van der Waals surface area contributed by atoms with E-state index in [4.69, 9.17) is 5.26 Å². The molecule has 1 aliphatic carbocycles. The van der Waals surface area contributed by atoms with Crippen LogP contribution in [0.1, 0.15) is 28.7 Å². The molecule has 0 atom stereocenters. The highest BCUT2D eigenvalue weighted by Crippen LogP contribution is 2.39. The zero-order valence-electron chi connectivity index (χ0n) is 11.2.